The van der Waals surface area contributed by atoms with Crippen LogP contribution in [0.1, 0.15) is 25.7 Å². The molecule has 2 unspecified atom stereocenters. The van der Waals surface area contributed by atoms with Crippen molar-refractivity contribution in [3.63, 3.8) is 0 Å². The van der Waals surface area contributed by atoms with E-state index in [0.29, 0.717) is 5.92 Å². The van der Waals surface area contributed by atoms with Crippen molar-refractivity contribution in [2.24, 2.45) is 5.92 Å². The van der Waals surface area contributed by atoms with Crippen LogP contribution < -0.4 is 0 Å². The van der Waals surface area contributed by atoms with Crippen LogP contribution in [0.25, 0.3) is 0 Å². The van der Waals surface area contributed by atoms with Gasteiger partial charge in [-0.05, 0) is 25.0 Å². The van der Waals surface area contributed by atoms with Crippen LogP contribution in [0.15, 0.2) is 47.4 Å². The van der Waals surface area contributed by atoms with Gasteiger partial charge in [-0.3, -0.25) is 0 Å². The van der Waals surface area contributed by atoms with E-state index in [1.807, 2.05) is 17.8 Å². The lowest BCUT2D eigenvalue weighted by molar-refractivity contribution is 0.0927. The molecule has 1 aromatic rings. The molecular formula is C15H20OS. The Morgan fingerprint density at radius 3 is 2.71 bits per heavy atom. The molecule has 1 aliphatic carbocycles. The van der Waals surface area contributed by atoms with E-state index >= 15 is 0 Å². The lowest BCUT2D eigenvalue weighted by Crippen LogP contribution is -2.22. The van der Waals surface area contributed by atoms with Gasteiger partial charge in [-0.15, -0.1) is 11.8 Å². The zero-order valence-electron chi connectivity index (χ0n) is 10.1. The fourth-order valence-corrected chi connectivity index (χ4v) is 3.01. The average Bonchev–Trinajstić information content (AvgIpc) is 2.38. The molecule has 1 N–H and O–H groups in total. The number of thioether (sulfide) groups is 1. The molecule has 1 fully saturated rings. The molecule has 0 amide bonds. The fourth-order valence-electron chi connectivity index (χ4n) is 2.26. The maximum Gasteiger partial charge on any atom is 0.0602 e. The number of hydrogen-bond donors (Lipinski definition) is 1. The van der Waals surface area contributed by atoms with E-state index in [-0.39, 0.29) is 6.10 Å². The number of hydrogen-bond acceptors (Lipinski definition) is 2. The molecule has 1 aromatic carbocycles. The number of aliphatic hydroxyl groups is 1. The quantitative estimate of drug-likeness (QED) is 0.644. The fraction of sp³-hybridized carbons (Fsp3) is 0.467. The normalized spacial score (nSPS) is 25.2. The molecule has 0 aromatic heterocycles. The van der Waals surface area contributed by atoms with Crippen LogP contribution in [0.5, 0.6) is 0 Å². The van der Waals surface area contributed by atoms with Crippen LogP contribution in [-0.4, -0.2) is 17.0 Å². The maximum absolute atomic E-state index is 9.83. The van der Waals surface area contributed by atoms with E-state index in [4.69, 9.17) is 0 Å². The van der Waals surface area contributed by atoms with E-state index in [2.05, 4.69) is 36.4 Å². The molecule has 2 rings (SSSR count). The molecule has 0 radical (unpaired) electrons. The zero-order valence-corrected chi connectivity index (χ0v) is 10.9. The predicted molar refractivity (Wildman–Crippen MR) is 74.3 cm³/mol. The summed E-state index contributed by atoms with van der Waals surface area (Å²) in [6.45, 7) is 0. The van der Waals surface area contributed by atoms with E-state index in [1.54, 1.807) is 0 Å². The summed E-state index contributed by atoms with van der Waals surface area (Å²) in [6.07, 6.45) is 8.87. The van der Waals surface area contributed by atoms with Crippen LogP contribution in [0.3, 0.4) is 0 Å². The lowest BCUT2D eigenvalue weighted by Gasteiger charge is -2.24. The smallest absolute Gasteiger partial charge is 0.0602 e. The third-order valence-corrected chi connectivity index (χ3v) is 4.22. The van der Waals surface area contributed by atoms with Crippen LogP contribution in [0.2, 0.25) is 0 Å². The summed E-state index contributed by atoms with van der Waals surface area (Å²) in [5.41, 5.74) is 0. The van der Waals surface area contributed by atoms with Crippen LogP contribution in [-0.2, 0) is 0 Å². The molecule has 0 saturated heterocycles. The number of benzene rings is 1. The van der Waals surface area contributed by atoms with Crippen molar-refractivity contribution < 1.29 is 5.11 Å². The van der Waals surface area contributed by atoms with Gasteiger partial charge < -0.3 is 5.11 Å². The van der Waals surface area contributed by atoms with Gasteiger partial charge in [0.15, 0.2) is 0 Å². The Morgan fingerprint density at radius 1 is 1.18 bits per heavy atom. The van der Waals surface area contributed by atoms with Gasteiger partial charge in [-0.25, -0.2) is 0 Å². The van der Waals surface area contributed by atoms with Crippen LogP contribution >= 0.6 is 11.8 Å². The first-order valence-corrected chi connectivity index (χ1v) is 7.37. The summed E-state index contributed by atoms with van der Waals surface area (Å²) in [5, 5.41) is 9.83. The topological polar surface area (TPSA) is 20.2 Å². The minimum atomic E-state index is -0.110. The summed E-state index contributed by atoms with van der Waals surface area (Å²) < 4.78 is 0. The van der Waals surface area contributed by atoms with Gasteiger partial charge in [-0.1, -0.05) is 43.2 Å². The lowest BCUT2D eigenvalue weighted by atomic mass is 9.86. The second-order valence-electron chi connectivity index (χ2n) is 4.57. The Bertz CT molecular complexity index is 347. The summed E-state index contributed by atoms with van der Waals surface area (Å²) in [7, 11) is 0. The first kappa shape index (κ1) is 12.7. The van der Waals surface area contributed by atoms with Crippen molar-refractivity contribution in [3.8, 4) is 0 Å². The SMILES string of the molecule is OC1CCCCC1C=CCSc1ccccc1. The Balaban J connectivity index is 1.74. The summed E-state index contributed by atoms with van der Waals surface area (Å²) in [6, 6.07) is 10.4. The number of aliphatic hydroxyl groups excluding tert-OH is 1. The highest BCUT2D eigenvalue weighted by Crippen LogP contribution is 2.25. The van der Waals surface area contributed by atoms with Crippen molar-refractivity contribution in [2.75, 3.05) is 5.75 Å². The predicted octanol–water partition coefficient (Wildman–Crippen LogP) is 3.89. The highest BCUT2D eigenvalue weighted by molar-refractivity contribution is 7.99. The largest absolute Gasteiger partial charge is 0.393 e. The molecule has 0 heterocycles. The molecular weight excluding hydrogens is 228 g/mol. The minimum Gasteiger partial charge on any atom is -0.393 e. The van der Waals surface area contributed by atoms with Crippen molar-refractivity contribution in [3.05, 3.63) is 42.5 Å². The molecule has 92 valence electrons. The molecule has 0 spiro atoms. The second-order valence-corrected chi connectivity index (χ2v) is 5.66. The highest BCUT2D eigenvalue weighted by atomic mass is 32.2. The molecule has 2 heteroatoms. The number of rotatable bonds is 4. The third-order valence-electron chi connectivity index (χ3n) is 3.25. The molecule has 1 nitrogen and oxygen atoms in total. The average molecular weight is 248 g/mol. The molecule has 2 atom stereocenters. The summed E-state index contributed by atoms with van der Waals surface area (Å²) >= 11 is 1.84. The highest BCUT2D eigenvalue weighted by Gasteiger charge is 2.19. The van der Waals surface area contributed by atoms with Gasteiger partial charge in [0.1, 0.15) is 0 Å². The minimum absolute atomic E-state index is 0.110. The first-order valence-electron chi connectivity index (χ1n) is 6.39. The monoisotopic (exact) mass is 248 g/mol. The van der Waals surface area contributed by atoms with Gasteiger partial charge in [0.2, 0.25) is 0 Å². The molecule has 0 aliphatic heterocycles. The van der Waals surface area contributed by atoms with Crippen molar-refractivity contribution in [1.29, 1.82) is 0 Å². The van der Waals surface area contributed by atoms with Crippen LogP contribution in [0.4, 0.5) is 0 Å². The zero-order chi connectivity index (χ0) is 11.9. The Kier molecular flexibility index (Phi) is 5.14. The molecule has 17 heavy (non-hydrogen) atoms. The first-order chi connectivity index (χ1) is 8.36. The standard InChI is InChI=1S/C15H20OS/c16-15-11-5-4-7-13(15)8-6-12-17-14-9-2-1-3-10-14/h1-3,6,8-10,13,15-16H,4-5,7,11-12H2. The summed E-state index contributed by atoms with van der Waals surface area (Å²) in [5.74, 6) is 1.38. The molecule has 1 saturated carbocycles. The van der Waals surface area contributed by atoms with Crippen molar-refractivity contribution in [2.45, 2.75) is 36.7 Å². The second kappa shape index (κ2) is 6.87. The Hall–Kier alpha value is -0.730. The molecule has 0 bridgehead atoms. The summed E-state index contributed by atoms with van der Waals surface area (Å²) in [4.78, 5) is 1.31. The van der Waals surface area contributed by atoms with Gasteiger partial charge in [-0.2, -0.15) is 0 Å². The van der Waals surface area contributed by atoms with E-state index in [0.717, 1.165) is 18.6 Å². The van der Waals surface area contributed by atoms with Gasteiger partial charge in [0, 0.05) is 16.6 Å². The van der Waals surface area contributed by atoms with E-state index < -0.39 is 0 Å². The van der Waals surface area contributed by atoms with Crippen molar-refractivity contribution in [1.82, 2.24) is 0 Å². The maximum atomic E-state index is 9.83. The van der Waals surface area contributed by atoms with Crippen molar-refractivity contribution >= 4 is 11.8 Å². The van der Waals surface area contributed by atoms with Gasteiger partial charge in [0.25, 0.3) is 0 Å². The molecule has 1 aliphatic rings. The van der Waals surface area contributed by atoms with Gasteiger partial charge in [0.05, 0.1) is 6.10 Å². The van der Waals surface area contributed by atoms with E-state index in [9.17, 15) is 5.11 Å². The Morgan fingerprint density at radius 2 is 1.94 bits per heavy atom. The van der Waals surface area contributed by atoms with E-state index in [1.165, 1.54) is 17.7 Å². The third kappa shape index (κ3) is 4.21. The van der Waals surface area contributed by atoms with Gasteiger partial charge >= 0.3 is 0 Å². The Labute approximate surface area is 108 Å². The van der Waals surface area contributed by atoms with Crippen LogP contribution in [0, 0.1) is 5.92 Å².